The van der Waals surface area contributed by atoms with Gasteiger partial charge in [0.2, 0.25) is 0 Å². The summed E-state index contributed by atoms with van der Waals surface area (Å²) in [5, 5.41) is 7.17. The Labute approximate surface area is 130 Å². The minimum Gasteiger partial charge on any atom is -0.318 e. The summed E-state index contributed by atoms with van der Waals surface area (Å²) in [6.07, 6.45) is 0. The second-order valence-corrected chi connectivity index (χ2v) is 5.69. The predicted octanol–water partition coefficient (Wildman–Crippen LogP) is 3.12. The second kappa shape index (κ2) is 5.72. The maximum absolute atomic E-state index is 6.20. The topological polar surface area (TPSA) is 67.6 Å². The molecule has 0 aliphatic heterocycles. The number of halogens is 1. The summed E-state index contributed by atoms with van der Waals surface area (Å²) in [5.41, 5.74) is 8.19. The van der Waals surface area contributed by atoms with Gasteiger partial charge in [0.15, 0.2) is 5.82 Å². The number of nitrogens with zero attached hydrogens (tertiary/aromatic N) is 2. The van der Waals surface area contributed by atoms with Gasteiger partial charge in [-0.2, -0.15) is 5.10 Å². The molecule has 100 valence electrons. The van der Waals surface area contributed by atoms with Gasteiger partial charge >= 0.3 is 0 Å². The van der Waals surface area contributed by atoms with Crippen LogP contribution < -0.4 is 5.73 Å². The molecule has 2 aromatic carbocycles. The Bertz CT molecular complexity index is 691. The Morgan fingerprint density at radius 3 is 2.40 bits per heavy atom. The first-order valence-electron chi connectivity index (χ1n) is 6.23. The van der Waals surface area contributed by atoms with Crippen LogP contribution in [0.4, 0.5) is 0 Å². The van der Waals surface area contributed by atoms with Gasteiger partial charge in [0.1, 0.15) is 5.82 Å². The fourth-order valence-corrected chi connectivity index (χ4v) is 2.32. The van der Waals surface area contributed by atoms with Crippen molar-refractivity contribution in [1.29, 1.82) is 0 Å². The molecule has 3 N–H and O–H groups in total. The van der Waals surface area contributed by atoms with Gasteiger partial charge in [-0.05, 0) is 40.3 Å². The van der Waals surface area contributed by atoms with E-state index in [9.17, 15) is 0 Å². The van der Waals surface area contributed by atoms with E-state index < -0.39 is 0 Å². The van der Waals surface area contributed by atoms with Crippen LogP contribution in [-0.2, 0) is 0 Å². The molecule has 3 rings (SSSR count). The summed E-state index contributed by atoms with van der Waals surface area (Å²) in [4.78, 5) is 4.49. The van der Waals surface area contributed by atoms with Crippen molar-refractivity contribution in [3.05, 3.63) is 69.6 Å². The monoisotopic (exact) mass is 376 g/mol. The zero-order valence-corrected chi connectivity index (χ0v) is 12.8. The highest BCUT2D eigenvalue weighted by Gasteiger charge is 2.14. The van der Waals surface area contributed by atoms with Gasteiger partial charge in [-0.1, -0.05) is 42.5 Å². The lowest BCUT2D eigenvalue weighted by Crippen LogP contribution is -2.13. The summed E-state index contributed by atoms with van der Waals surface area (Å²) >= 11 is 2.27. The average Bonchev–Trinajstić information content (AvgIpc) is 2.98. The van der Waals surface area contributed by atoms with Gasteiger partial charge in [-0.3, -0.25) is 5.10 Å². The lowest BCUT2D eigenvalue weighted by atomic mass is 10.1. The third-order valence-electron chi connectivity index (χ3n) is 3.06. The quantitative estimate of drug-likeness (QED) is 0.691. The molecule has 4 nitrogen and oxygen atoms in total. The molecule has 0 aliphatic carbocycles. The van der Waals surface area contributed by atoms with Crippen LogP contribution in [0.1, 0.15) is 17.4 Å². The molecule has 0 bridgehead atoms. The first-order valence-corrected chi connectivity index (χ1v) is 7.30. The predicted molar refractivity (Wildman–Crippen MR) is 87.0 cm³/mol. The maximum atomic E-state index is 6.20. The number of rotatable bonds is 3. The lowest BCUT2D eigenvalue weighted by molar-refractivity contribution is 0.787. The number of H-pyrrole nitrogens is 1. The van der Waals surface area contributed by atoms with E-state index in [-0.39, 0.29) is 6.04 Å². The third kappa shape index (κ3) is 2.73. The Morgan fingerprint density at radius 1 is 1.00 bits per heavy atom. The van der Waals surface area contributed by atoms with E-state index in [4.69, 9.17) is 5.73 Å². The van der Waals surface area contributed by atoms with Crippen molar-refractivity contribution >= 4 is 22.6 Å². The van der Waals surface area contributed by atoms with Crippen LogP contribution in [0.15, 0.2) is 54.6 Å². The van der Waals surface area contributed by atoms with E-state index >= 15 is 0 Å². The molecule has 0 saturated heterocycles. The molecular weight excluding hydrogens is 363 g/mol. The highest BCUT2D eigenvalue weighted by Crippen LogP contribution is 2.20. The fraction of sp³-hybridized carbons (Fsp3) is 0.0667. The van der Waals surface area contributed by atoms with Crippen molar-refractivity contribution in [2.75, 3.05) is 0 Å². The molecule has 0 radical (unpaired) electrons. The fourth-order valence-electron chi connectivity index (χ4n) is 1.96. The molecule has 0 saturated carbocycles. The van der Waals surface area contributed by atoms with E-state index in [1.807, 2.05) is 54.6 Å². The highest BCUT2D eigenvalue weighted by atomic mass is 127. The summed E-state index contributed by atoms with van der Waals surface area (Å²) in [6, 6.07) is 17.6. The number of benzene rings is 2. The zero-order valence-electron chi connectivity index (χ0n) is 10.6. The molecule has 20 heavy (non-hydrogen) atoms. The van der Waals surface area contributed by atoms with Gasteiger partial charge in [0, 0.05) is 9.13 Å². The smallest absolute Gasteiger partial charge is 0.181 e. The van der Waals surface area contributed by atoms with Crippen molar-refractivity contribution in [3.8, 4) is 11.4 Å². The minimum absolute atomic E-state index is 0.290. The van der Waals surface area contributed by atoms with E-state index in [0.717, 1.165) is 11.1 Å². The molecule has 1 heterocycles. The zero-order chi connectivity index (χ0) is 13.9. The number of nitrogens with one attached hydrogen (secondary N) is 1. The Morgan fingerprint density at radius 2 is 1.70 bits per heavy atom. The maximum Gasteiger partial charge on any atom is 0.181 e. The van der Waals surface area contributed by atoms with Crippen molar-refractivity contribution in [1.82, 2.24) is 15.2 Å². The molecule has 5 heteroatoms. The van der Waals surface area contributed by atoms with Crippen LogP contribution in [0.3, 0.4) is 0 Å². The van der Waals surface area contributed by atoms with Crippen molar-refractivity contribution in [3.63, 3.8) is 0 Å². The number of aromatic nitrogens is 3. The minimum atomic E-state index is -0.290. The summed E-state index contributed by atoms with van der Waals surface area (Å²) in [7, 11) is 0. The summed E-state index contributed by atoms with van der Waals surface area (Å²) in [6.45, 7) is 0. The second-order valence-electron chi connectivity index (χ2n) is 4.44. The average molecular weight is 376 g/mol. The molecule has 0 aliphatic rings. The first-order chi connectivity index (χ1) is 9.74. The molecule has 3 aromatic rings. The first kappa shape index (κ1) is 13.3. The highest BCUT2D eigenvalue weighted by molar-refractivity contribution is 14.1. The van der Waals surface area contributed by atoms with E-state index in [0.29, 0.717) is 11.6 Å². The van der Waals surface area contributed by atoms with E-state index in [1.54, 1.807) is 0 Å². The third-order valence-corrected chi connectivity index (χ3v) is 3.78. The van der Waals surface area contributed by atoms with Crippen LogP contribution in [0.25, 0.3) is 11.4 Å². The van der Waals surface area contributed by atoms with Gasteiger partial charge in [0.25, 0.3) is 0 Å². The van der Waals surface area contributed by atoms with Crippen LogP contribution >= 0.6 is 22.6 Å². The Hall–Kier alpha value is -1.73. The molecule has 0 amide bonds. The van der Waals surface area contributed by atoms with Gasteiger partial charge in [-0.25, -0.2) is 4.98 Å². The van der Waals surface area contributed by atoms with Crippen molar-refractivity contribution in [2.24, 2.45) is 5.73 Å². The Kier molecular flexibility index (Phi) is 3.79. The van der Waals surface area contributed by atoms with Crippen LogP contribution in [-0.4, -0.2) is 15.2 Å². The van der Waals surface area contributed by atoms with Crippen LogP contribution in [0, 0.1) is 3.57 Å². The summed E-state index contributed by atoms with van der Waals surface area (Å²) < 4.78 is 1.18. The molecular formula is C15H13IN4. The molecule has 1 atom stereocenters. The number of nitrogens with two attached hydrogens (primary N) is 1. The largest absolute Gasteiger partial charge is 0.318 e. The van der Waals surface area contributed by atoms with Gasteiger partial charge in [-0.15, -0.1) is 0 Å². The lowest BCUT2D eigenvalue weighted by Gasteiger charge is -2.07. The SMILES string of the molecule is NC(c1ccccc1)c1nc(-c2ccc(I)cc2)n[nH]1. The van der Waals surface area contributed by atoms with Crippen molar-refractivity contribution in [2.45, 2.75) is 6.04 Å². The van der Waals surface area contributed by atoms with Crippen LogP contribution in [0.2, 0.25) is 0 Å². The van der Waals surface area contributed by atoms with Crippen molar-refractivity contribution < 1.29 is 0 Å². The molecule has 0 spiro atoms. The molecule has 1 aromatic heterocycles. The van der Waals surface area contributed by atoms with E-state index in [1.165, 1.54) is 3.57 Å². The van der Waals surface area contributed by atoms with Gasteiger partial charge in [0.05, 0.1) is 6.04 Å². The molecule has 1 unspecified atom stereocenters. The van der Waals surface area contributed by atoms with E-state index in [2.05, 4.69) is 37.8 Å². The number of hydrogen-bond acceptors (Lipinski definition) is 3. The normalized spacial score (nSPS) is 12.3. The number of hydrogen-bond donors (Lipinski definition) is 2. The van der Waals surface area contributed by atoms with Crippen LogP contribution in [0.5, 0.6) is 0 Å². The summed E-state index contributed by atoms with van der Waals surface area (Å²) in [5.74, 6) is 1.34. The molecule has 0 fully saturated rings. The van der Waals surface area contributed by atoms with Gasteiger partial charge < -0.3 is 5.73 Å². The number of aromatic amines is 1. The Balaban J connectivity index is 1.89. The standard InChI is InChI=1S/C15H13IN4/c16-12-8-6-11(7-9-12)14-18-15(20-19-14)13(17)10-4-2-1-3-5-10/h1-9,13H,17H2,(H,18,19,20).